The summed E-state index contributed by atoms with van der Waals surface area (Å²) >= 11 is 0. The van der Waals surface area contributed by atoms with Crippen LogP contribution in [0, 0.1) is 0 Å². The van der Waals surface area contributed by atoms with Crippen molar-refractivity contribution < 1.29 is 14.3 Å². The van der Waals surface area contributed by atoms with Crippen molar-refractivity contribution in [3.63, 3.8) is 0 Å². The molecular formula is C25H28N2O3. The van der Waals surface area contributed by atoms with E-state index in [4.69, 9.17) is 9.47 Å². The van der Waals surface area contributed by atoms with E-state index in [-0.39, 0.29) is 12.1 Å². The number of rotatable bonds is 5. The van der Waals surface area contributed by atoms with Crippen LogP contribution in [0.4, 0.5) is 4.79 Å². The molecule has 0 spiro atoms. The van der Waals surface area contributed by atoms with E-state index in [9.17, 15) is 4.79 Å². The molecule has 1 N–H and O–H groups in total. The van der Waals surface area contributed by atoms with Gasteiger partial charge in [0.15, 0.2) is 11.5 Å². The number of amides is 2. The van der Waals surface area contributed by atoms with Crippen LogP contribution in [0.25, 0.3) is 10.8 Å². The molecule has 0 aliphatic carbocycles. The Bertz CT molecular complexity index is 1060. The molecule has 4 rings (SSSR count). The molecule has 1 atom stereocenters. The van der Waals surface area contributed by atoms with Crippen LogP contribution in [-0.2, 0) is 19.4 Å². The van der Waals surface area contributed by atoms with Gasteiger partial charge in [-0.05, 0) is 59.4 Å². The van der Waals surface area contributed by atoms with Gasteiger partial charge in [-0.25, -0.2) is 4.79 Å². The van der Waals surface area contributed by atoms with Crippen molar-refractivity contribution in [2.75, 3.05) is 20.8 Å². The van der Waals surface area contributed by atoms with Gasteiger partial charge < -0.3 is 19.7 Å². The second-order valence-electron chi connectivity index (χ2n) is 7.88. The Morgan fingerprint density at radius 3 is 2.43 bits per heavy atom. The largest absolute Gasteiger partial charge is 0.493 e. The Morgan fingerprint density at radius 1 is 1.00 bits per heavy atom. The third-order valence-electron chi connectivity index (χ3n) is 5.73. The summed E-state index contributed by atoms with van der Waals surface area (Å²) in [7, 11) is 3.27. The second-order valence-corrected chi connectivity index (χ2v) is 7.88. The fourth-order valence-electron chi connectivity index (χ4n) is 4.13. The minimum atomic E-state index is -0.0243. The fourth-order valence-corrected chi connectivity index (χ4v) is 4.13. The molecule has 1 heterocycles. The minimum Gasteiger partial charge on any atom is -0.493 e. The highest BCUT2D eigenvalue weighted by Gasteiger charge is 2.23. The Hall–Kier alpha value is -3.21. The predicted octanol–water partition coefficient (Wildman–Crippen LogP) is 4.56. The zero-order chi connectivity index (χ0) is 21.1. The molecule has 0 radical (unpaired) electrons. The van der Waals surface area contributed by atoms with Crippen LogP contribution in [-0.4, -0.2) is 37.7 Å². The van der Waals surface area contributed by atoms with Gasteiger partial charge in [-0.2, -0.15) is 0 Å². The summed E-state index contributed by atoms with van der Waals surface area (Å²) in [4.78, 5) is 14.7. The summed E-state index contributed by atoms with van der Waals surface area (Å²) in [6.07, 6.45) is 1.61. The highest BCUT2D eigenvalue weighted by atomic mass is 16.5. The van der Waals surface area contributed by atoms with Gasteiger partial charge in [-0.15, -0.1) is 0 Å². The normalized spacial score (nSPS) is 14.2. The van der Waals surface area contributed by atoms with E-state index in [0.29, 0.717) is 18.8 Å². The standard InChI is InChI=1S/C25H28N2O3/c1-17(12-18-8-9-19-6-4-5-7-20(19)13-18)26-25(28)27-11-10-21-14-23(29-2)24(30-3)15-22(21)16-27/h4-9,13-15,17H,10-12,16H2,1-3H3,(H,26,28). The molecular weight excluding hydrogens is 376 g/mol. The van der Waals surface area contributed by atoms with E-state index in [0.717, 1.165) is 24.2 Å². The van der Waals surface area contributed by atoms with E-state index in [1.165, 1.54) is 21.9 Å². The molecule has 5 heteroatoms. The molecule has 3 aromatic rings. The minimum absolute atomic E-state index is 0.0243. The number of fused-ring (bicyclic) bond motifs is 2. The van der Waals surface area contributed by atoms with Gasteiger partial charge in [0.1, 0.15) is 0 Å². The van der Waals surface area contributed by atoms with Crippen LogP contribution in [0.5, 0.6) is 11.5 Å². The maximum atomic E-state index is 12.9. The predicted molar refractivity (Wildman–Crippen MR) is 119 cm³/mol. The molecule has 3 aromatic carbocycles. The number of hydrogen-bond acceptors (Lipinski definition) is 3. The van der Waals surface area contributed by atoms with Crippen LogP contribution >= 0.6 is 0 Å². The monoisotopic (exact) mass is 404 g/mol. The first kappa shape index (κ1) is 20.1. The molecule has 0 saturated heterocycles. The number of benzene rings is 3. The van der Waals surface area contributed by atoms with E-state index < -0.39 is 0 Å². The van der Waals surface area contributed by atoms with Crippen LogP contribution in [0.15, 0.2) is 54.6 Å². The average molecular weight is 405 g/mol. The van der Waals surface area contributed by atoms with Crippen LogP contribution in [0.3, 0.4) is 0 Å². The van der Waals surface area contributed by atoms with Crippen molar-refractivity contribution in [1.29, 1.82) is 0 Å². The topological polar surface area (TPSA) is 50.8 Å². The van der Waals surface area contributed by atoms with Crippen molar-refractivity contribution in [1.82, 2.24) is 10.2 Å². The Labute approximate surface area is 177 Å². The van der Waals surface area contributed by atoms with Crippen molar-refractivity contribution in [2.45, 2.75) is 32.4 Å². The van der Waals surface area contributed by atoms with Gasteiger partial charge in [0.25, 0.3) is 0 Å². The number of urea groups is 1. The molecule has 1 aliphatic rings. The van der Waals surface area contributed by atoms with Gasteiger partial charge in [-0.3, -0.25) is 0 Å². The van der Waals surface area contributed by atoms with Crippen molar-refractivity contribution >= 4 is 16.8 Å². The third kappa shape index (κ3) is 4.20. The van der Waals surface area contributed by atoms with Crippen LogP contribution in [0.1, 0.15) is 23.6 Å². The third-order valence-corrected chi connectivity index (χ3v) is 5.73. The van der Waals surface area contributed by atoms with Gasteiger partial charge >= 0.3 is 6.03 Å². The van der Waals surface area contributed by atoms with E-state index in [2.05, 4.69) is 48.6 Å². The molecule has 0 fully saturated rings. The number of ether oxygens (including phenoxy) is 2. The lowest BCUT2D eigenvalue weighted by Gasteiger charge is -2.31. The lowest BCUT2D eigenvalue weighted by Crippen LogP contribution is -2.46. The molecule has 30 heavy (non-hydrogen) atoms. The zero-order valence-corrected chi connectivity index (χ0v) is 17.8. The highest BCUT2D eigenvalue weighted by Crippen LogP contribution is 2.33. The van der Waals surface area contributed by atoms with Crippen molar-refractivity contribution in [3.8, 4) is 11.5 Å². The second kappa shape index (κ2) is 8.66. The number of hydrogen-bond donors (Lipinski definition) is 1. The number of nitrogens with one attached hydrogen (secondary N) is 1. The summed E-state index contributed by atoms with van der Waals surface area (Å²) in [5.74, 6) is 1.43. The van der Waals surface area contributed by atoms with E-state index >= 15 is 0 Å². The molecule has 1 unspecified atom stereocenters. The Balaban J connectivity index is 1.40. The van der Waals surface area contributed by atoms with E-state index in [1.807, 2.05) is 23.1 Å². The first-order chi connectivity index (χ1) is 14.6. The molecule has 0 aromatic heterocycles. The highest BCUT2D eigenvalue weighted by molar-refractivity contribution is 5.83. The first-order valence-corrected chi connectivity index (χ1v) is 10.3. The lowest BCUT2D eigenvalue weighted by atomic mass is 9.99. The number of carbonyl (C=O) groups excluding carboxylic acids is 1. The maximum absolute atomic E-state index is 12.9. The van der Waals surface area contributed by atoms with Gasteiger partial charge in [0.05, 0.1) is 14.2 Å². The van der Waals surface area contributed by atoms with Crippen LogP contribution < -0.4 is 14.8 Å². The summed E-state index contributed by atoms with van der Waals surface area (Å²) < 4.78 is 10.8. The summed E-state index contributed by atoms with van der Waals surface area (Å²) in [5.41, 5.74) is 3.54. The molecule has 2 amide bonds. The average Bonchev–Trinajstić information content (AvgIpc) is 2.77. The quantitative estimate of drug-likeness (QED) is 0.678. The van der Waals surface area contributed by atoms with Gasteiger partial charge in [0.2, 0.25) is 0 Å². The smallest absolute Gasteiger partial charge is 0.317 e. The Kier molecular flexibility index (Phi) is 5.79. The van der Waals surface area contributed by atoms with Gasteiger partial charge in [-0.1, -0.05) is 42.5 Å². The fraction of sp³-hybridized carbons (Fsp3) is 0.320. The molecule has 5 nitrogen and oxygen atoms in total. The summed E-state index contributed by atoms with van der Waals surface area (Å²) in [5, 5.41) is 5.62. The lowest BCUT2D eigenvalue weighted by molar-refractivity contribution is 0.189. The van der Waals surface area contributed by atoms with Gasteiger partial charge in [0, 0.05) is 19.1 Å². The molecule has 156 valence electrons. The number of methoxy groups -OCH3 is 2. The van der Waals surface area contributed by atoms with E-state index in [1.54, 1.807) is 14.2 Å². The summed E-state index contributed by atoms with van der Waals surface area (Å²) in [6.45, 7) is 3.32. The first-order valence-electron chi connectivity index (χ1n) is 10.3. The van der Waals surface area contributed by atoms with Crippen molar-refractivity contribution in [2.24, 2.45) is 0 Å². The molecule has 1 aliphatic heterocycles. The SMILES string of the molecule is COc1cc2c(cc1OC)CN(C(=O)NC(C)Cc1ccc3ccccc3c1)CC2. The molecule has 0 bridgehead atoms. The number of nitrogens with zero attached hydrogens (tertiary/aromatic N) is 1. The van der Waals surface area contributed by atoms with Crippen LogP contribution in [0.2, 0.25) is 0 Å². The maximum Gasteiger partial charge on any atom is 0.317 e. The Morgan fingerprint density at radius 2 is 1.70 bits per heavy atom. The molecule has 0 saturated carbocycles. The summed E-state index contributed by atoms with van der Waals surface area (Å²) in [6, 6.07) is 18.8. The zero-order valence-electron chi connectivity index (χ0n) is 17.8. The number of carbonyl (C=O) groups is 1. The van der Waals surface area contributed by atoms with Crippen molar-refractivity contribution in [3.05, 3.63) is 71.3 Å².